The van der Waals surface area contributed by atoms with Crippen LogP contribution in [0, 0.1) is 0 Å². The van der Waals surface area contributed by atoms with Crippen molar-refractivity contribution in [3.63, 3.8) is 0 Å². The van der Waals surface area contributed by atoms with E-state index in [1.54, 1.807) is 0 Å². The lowest BCUT2D eigenvalue weighted by molar-refractivity contribution is -0.141. The number of carboxylic acids is 1. The molecule has 0 saturated carbocycles. The number of hydrogen-bond donors (Lipinski definition) is 2. The molecule has 128 valence electrons. The summed E-state index contributed by atoms with van der Waals surface area (Å²) >= 11 is 0. The number of halogens is 3. The van der Waals surface area contributed by atoms with E-state index in [9.17, 15) is 22.8 Å². The van der Waals surface area contributed by atoms with Crippen LogP contribution < -0.4 is 5.32 Å². The average molecular weight is 333 g/mol. The molecule has 0 fully saturated rings. The molecule has 0 aliphatic heterocycles. The number of amides is 1. The Morgan fingerprint density at radius 1 is 1.30 bits per heavy atom. The van der Waals surface area contributed by atoms with E-state index < -0.39 is 36.3 Å². The van der Waals surface area contributed by atoms with Crippen LogP contribution in [0.15, 0.2) is 24.3 Å². The van der Waals surface area contributed by atoms with E-state index in [1.807, 2.05) is 6.92 Å². The molecule has 0 saturated heterocycles. The molecule has 0 radical (unpaired) electrons. The number of ether oxygens (including phenoxy) is 1. The molecule has 0 aliphatic rings. The summed E-state index contributed by atoms with van der Waals surface area (Å²) in [6.45, 7) is 2.00. The van der Waals surface area contributed by atoms with Crippen molar-refractivity contribution in [3.8, 4) is 0 Å². The normalized spacial score (nSPS) is 12.5. The van der Waals surface area contributed by atoms with Gasteiger partial charge in [0.25, 0.3) is 0 Å². The van der Waals surface area contributed by atoms with Gasteiger partial charge in [0, 0.05) is 6.42 Å². The Hall–Kier alpha value is -2.25. The summed E-state index contributed by atoms with van der Waals surface area (Å²) in [7, 11) is 0. The Morgan fingerprint density at radius 3 is 2.52 bits per heavy atom. The van der Waals surface area contributed by atoms with Crippen LogP contribution in [-0.4, -0.2) is 29.8 Å². The SMILES string of the molecule is CCCCOC(=O)NC(Cc1ccccc1C(F)(F)F)C(=O)O. The third-order valence-electron chi connectivity index (χ3n) is 3.07. The number of carbonyl (C=O) groups is 2. The predicted octanol–water partition coefficient (Wildman–Crippen LogP) is 3.23. The van der Waals surface area contributed by atoms with Gasteiger partial charge in [-0.05, 0) is 18.1 Å². The number of benzene rings is 1. The van der Waals surface area contributed by atoms with Crippen LogP contribution in [0.1, 0.15) is 30.9 Å². The van der Waals surface area contributed by atoms with Gasteiger partial charge in [-0.15, -0.1) is 0 Å². The highest BCUT2D eigenvalue weighted by Crippen LogP contribution is 2.32. The van der Waals surface area contributed by atoms with Crippen molar-refractivity contribution in [2.75, 3.05) is 6.61 Å². The molecule has 0 bridgehead atoms. The predicted molar refractivity (Wildman–Crippen MR) is 76.0 cm³/mol. The molecule has 0 aromatic heterocycles. The number of carbonyl (C=O) groups excluding carboxylic acids is 1. The Bertz CT molecular complexity index is 546. The molecule has 1 aromatic carbocycles. The van der Waals surface area contributed by atoms with E-state index in [-0.39, 0.29) is 12.2 Å². The summed E-state index contributed by atoms with van der Waals surface area (Å²) in [5.74, 6) is -1.44. The van der Waals surface area contributed by atoms with Gasteiger partial charge >= 0.3 is 18.2 Å². The van der Waals surface area contributed by atoms with Gasteiger partial charge in [0.2, 0.25) is 0 Å². The van der Waals surface area contributed by atoms with Gasteiger partial charge in [-0.25, -0.2) is 9.59 Å². The maximum absolute atomic E-state index is 12.9. The van der Waals surface area contributed by atoms with Crippen molar-refractivity contribution in [1.82, 2.24) is 5.32 Å². The van der Waals surface area contributed by atoms with Crippen LogP contribution in [-0.2, 0) is 22.1 Å². The molecule has 23 heavy (non-hydrogen) atoms. The standard InChI is InChI=1S/C15H18F3NO4/c1-2-3-8-23-14(22)19-12(13(20)21)9-10-6-4-5-7-11(10)15(16,17)18/h4-7,12H,2-3,8-9H2,1H3,(H,19,22)(H,20,21). The van der Waals surface area contributed by atoms with Gasteiger partial charge in [0.1, 0.15) is 6.04 Å². The maximum atomic E-state index is 12.9. The third-order valence-corrected chi connectivity index (χ3v) is 3.07. The van der Waals surface area contributed by atoms with E-state index in [0.29, 0.717) is 6.42 Å². The van der Waals surface area contributed by atoms with E-state index in [0.717, 1.165) is 12.5 Å². The Balaban J connectivity index is 2.82. The van der Waals surface area contributed by atoms with Crippen molar-refractivity contribution in [1.29, 1.82) is 0 Å². The number of alkyl carbamates (subject to hydrolysis) is 1. The summed E-state index contributed by atoms with van der Waals surface area (Å²) in [6, 6.07) is 3.14. The lowest BCUT2D eigenvalue weighted by Gasteiger charge is -2.17. The highest BCUT2D eigenvalue weighted by molar-refractivity contribution is 5.80. The quantitative estimate of drug-likeness (QED) is 0.751. The van der Waals surface area contributed by atoms with E-state index in [4.69, 9.17) is 9.84 Å². The van der Waals surface area contributed by atoms with E-state index in [2.05, 4.69) is 5.32 Å². The molecule has 0 spiro atoms. The molecule has 2 N–H and O–H groups in total. The van der Waals surface area contributed by atoms with Gasteiger partial charge in [0.05, 0.1) is 12.2 Å². The fourth-order valence-corrected chi connectivity index (χ4v) is 1.89. The fourth-order valence-electron chi connectivity index (χ4n) is 1.89. The number of carboxylic acid groups (broad SMARTS) is 1. The molecule has 0 aliphatic carbocycles. The topological polar surface area (TPSA) is 75.6 Å². The minimum atomic E-state index is -4.60. The first-order valence-electron chi connectivity index (χ1n) is 7.07. The molecule has 1 rings (SSSR count). The first-order chi connectivity index (χ1) is 10.8. The second-order valence-corrected chi connectivity index (χ2v) is 4.88. The smallest absolute Gasteiger partial charge is 0.416 e. The van der Waals surface area contributed by atoms with Crippen LogP contribution >= 0.6 is 0 Å². The average Bonchev–Trinajstić information content (AvgIpc) is 2.46. The highest BCUT2D eigenvalue weighted by atomic mass is 19.4. The van der Waals surface area contributed by atoms with Crippen molar-refractivity contribution in [2.45, 2.75) is 38.4 Å². The number of alkyl halides is 3. The number of unbranched alkanes of at least 4 members (excludes halogenated alkanes) is 1. The van der Waals surface area contributed by atoms with Crippen LogP contribution in [0.2, 0.25) is 0 Å². The van der Waals surface area contributed by atoms with Crippen molar-refractivity contribution in [2.24, 2.45) is 0 Å². The Labute approximate surface area is 131 Å². The van der Waals surface area contributed by atoms with E-state index >= 15 is 0 Å². The zero-order chi connectivity index (χ0) is 17.5. The zero-order valence-corrected chi connectivity index (χ0v) is 12.5. The van der Waals surface area contributed by atoms with Gasteiger partial charge < -0.3 is 15.2 Å². The monoisotopic (exact) mass is 333 g/mol. The summed E-state index contributed by atoms with van der Waals surface area (Å²) in [6.07, 6.45) is -4.65. The fraction of sp³-hybridized carbons (Fsp3) is 0.467. The molecule has 1 amide bonds. The molecule has 5 nitrogen and oxygen atoms in total. The second kappa shape index (κ2) is 8.40. The zero-order valence-electron chi connectivity index (χ0n) is 12.5. The molecular weight excluding hydrogens is 315 g/mol. The first kappa shape index (κ1) is 18.8. The van der Waals surface area contributed by atoms with Gasteiger partial charge in [-0.3, -0.25) is 0 Å². The number of hydrogen-bond acceptors (Lipinski definition) is 3. The van der Waals surface area contributed by atoms with Crippen molar-refractivity contribution < 1.29 is 32.6 Å². The van der Waals surface area contributed by atoms with E-state index in [1.165, 1.54) is 18.2 Å². The summed E-state index contributed by atoms with van der Waals surface area (Å²) in [5, 5.41) is 11.2. The van der Waals surface area contributed by atoms with Gasteiger partial charge in [0.15, 0.2) is 0 Å². The highest BCUT2D eigenvalue weighted by Gasteiger charge is 2.34. The number of aliphatic carboxylic acids is 1. The third kappa shape index (κ3) is 6.17. The molecule has 1 aromatic rings. The van der Waals surface area contributed by atoms with Crippen LogP contribution in [0.5, 0.6) is 0 Å². The Kier molecular flexibility index (Phi) is 6.87. The first-order valence-corrected chi connectivity index (χ1v) is 7.07. The van der Waals surface area contributed by atoms with Crippen LogP contribution in [0.25, 0.3) is 0 Å². The minimum absolute atomic E-state index is 0.119. The number of rotatable bonds is 7. The molecular formula is C15H18F3NO4. The largest absolute Gasteiger partial charge is 0.480 e. The van der Waals surface area contributed by atoms with Gasteiger partial charge in [-0.2, -0.15) is 13.2 Å². The molecule has 1 atom stereocenters. The van der Waals surface area contributed by atoms with Crippen molar-refractivity contribution >= 4 is 12.1 Å². The lowest BCUT2D eigenvalue weighted by Crippen LogP contribution is -2.43. The van der Waals surface area contributed by atoms with Crippen LogP contribution in [0.3, 0.4) is 0 Å². The lowest BCUT2D eigenvalue weighted by atomic mass is 10.00. The van der Waals surface area contributed by atoms with Gasteiger partial charge in [-0.1, -0.05) is 31.5 Å². The summed E-state index contributed by atoms with van der Waals surface area (Å²) in [5.41, 5.74) is -1.13. The molecule has 8 heteroatoms. The maximum Gasteiger partial charge on any atom is 0.416 e. The minimum Gasteiger partial charge on any atom is -0.480 e. The summed E-state index contributed by atoms with van der Waals surface area (Å²) in [4.78, 5) is 22.7. The molecule has 1 unspecified atom stereocenters. The molecule has 0 heterocycles. The van der Waals surface area contributed by atoms with Crippen LogP contribution in [0.4, 0.5) is 18.0 Å². The number of nitrogens with one attached hydrogen (secondary N) is 1. The van der Waals surface area contributed by atoms with Crippen molar-refractivity contribution in [3.05, 3.63) is 35.4 Å². The second-order valence-electron chi connectivity index (χ2n) is 4.88. The summed E-state index contributed by atoms with van der Waals surface area (Å²) < 4.78 is 43.5. The Morgan fingerprint density at radius 2 is 1.96 bits per heavy atom.